The number of rotatable bonds is 4. The molecule has 0 amide bonds. The first kappa shape index (κ1) is 14.6. The predicted molar refractivity (Wildman–Crippen MR) is 82.4 cm³/mol. The van der Waals surface area contributed by atoms with Gasteiger partial charge in [0.2, 0.25) is 0 Å². The number of halogens is 1. The maximum Gasteiger partial charge on any atom is 0.0471 e. The largest absolute Gasteiger partial charge is 0.398 e. The Morgan fingerprint density at radius 1 is 1.37 bits per heavy atom. The SMILES string of the molecule is CN1CCC(CN(C)Cc2c(N)cccc2Cl)CC1. The maximum absolute atomic E-state index is 6.22. The van der Waals surface area contributed by atoms with E-state index in [4.69, 9.17) is 17.3 Å². The second kappa shape index (κ2) is 6.60. The van der Waals surface area contributed by atoms with Crippen LogP contribution in [0.2, 0.25) is 5.02 Å². The van der Waals surface area contributed by atoms with E-state index in [1.807, 2.05) is 18.2 Å². The van der Waals surface area contributed by atoms with Crippen molar-refractivity contribution < 1.29 is 0 Å². The second-order valence-electron chi connectivity index (χ2n) is 5.75. The lowest BCUT2D eigenvalue weighted by Gasteiger charge is -2.31. The molecule has 0 saturated carbocycles. The summed E-state index contributed by atoms with van der Waals surface area (Å²) in [5.41, 5.74) is 7.85. The van der Waals surface area contributed by atoms with Gasteiger partial charge in [0.1, 0.15) is 0 Å². The molecule has 1 fully saturated rings. The Bertz CT molecular complexity index is 394. The molecule has 1 heterocycles. The van der Waals surface area contributed by atoms with Crippen molar-refractivity contribution >= 4 is 17.3 Å². The highest BCUT2D eigenvalue weighted by Crippen LogP contribution is 2.24. The van der Waals surface area contributed by atoms with Crippen molar-refractivity contribution in [3.8, 4) is 0 Å². The number of benzene rings is 1. The van der Waals surface area contributed by atoms with Gasteiger partial charge in [-0.1, -0.05) is 17.7 Å². The zero-order chi connectivity index (χ0) is 13.8. The third kappa shape index (κ3) is 4.10. The number of hydrogen-bond acceptors (Lipinski definition) is 3. The highest BCUT2D eigenvalue weighted by Gasteiger charge is 2.18. The maximum atomic E-state index is 6.22. The van der Waals surface area contributed by atoms with Gasteiger partial charge in [-0.25, -0.2) is 0 Å². The topological polar surface area (TPSA) is 32.5 Å². The van der Waals surface area contributed by atoms with Crippen LogP contribution in [0.15, 0.2) is 18.2 Å². The molecule has 106 valence electrons. The first-order valence-corrected chi connectivity index (χ1v) is 7.34. The third-order valence-corrected chi connectivity index (χ3v) is 4.35. The molecule has 19 heavy (non-hydrogen) atoms. The van der Waals surface area contributed by atoms with Crippen molar-refractivity contribution in [1.29, 1.82) is 0 Å². The summed E-state index contributed by atoms with van der Waals surface area (Å²) in [4.78, 5) is 4.75. The summed E-state index contributed by atoms with van der Waals surface area (Å²) >= 11 is 6.22. The Labute approximate surface area is 121 Å². The molecule has 1 aromatic rings. The first-order valence-electron chi connectivity index (χ1n) is 6.96. The molecule has 0 unspecified atom stereocenters. The van der Waals surface area contributed by atoms with Crippen molar-refractivity contribution in [2.75, 3.05) is 39.5 Å². The first-order chi connectivity index (χ1) is 9.06. The number of piperidine rings is 1. The zero-order valence-corrected chi connectivity index (χ0v) is 12.7. The van der Waals surface area contributed by atoms with Crippen molar-refractivity contribution in [1.82, 2.24) is 9.80 Å². The highest BCUT2D eigenvalue weighted by molar-refractivity contribution is 6.31. The van der Waals surface area contributed by atoms with Crippen LogP contribution in [0.5, 0.6) is 0 Å². The van der Waals surface area contributed by atoms with Crippen molar-refractivity contribution in [3.05, 3.63) is 28.8 Å². The van der Waals surface area contributed by atoms with Gasteiger partial charge in [0.05, 0.1) is 0 Å². The van der Waals surface area contributed by atoms with E-state index in [2.05, 4.69) is 23.9 Å². The van der Waals surface area contributed by atoms with Crippen LogP contribution in [0.3, 0.4) is 0 Å². The summed E-state index contributed by atoms with van der Waals surface area (Å²) < 4.78 is 0. The minimum atomic E-state index is 0.773. The van der Waals surface area contributed by atoms with E-state index in [0.717, 1.165) is 35.3 Å². The fourth-order valence-corrected chi connectivity index (χ4v) is 3.00. The fraction of sp³-hybridized carbons (Fsp3) is 0.600. The lowest BCUT2D eigenvalue weighted by Crippen LogP contribution is -2.35. The van der Waals surface area contributed by atoms with Crippen LogP contribution < -0.4 is 5.73 Å². The predicted octanol–water partition coefficient (Wildman–Crippen LogP) is 2.70. The van der Waals surface area contributed by atoms with Crippen LogP contribution in [0.25, 0.3) is 0 Å². The summed E-state index contributed by atoms with van der Waals surface area (Å²) in [6.45, 7) is 4.38. The smallest absolute Gasteiger partial charge is 0.0471 e. The van der Waals surface area contributed by atoms with Gasteiger partial charge in [-0.05, 0) is 58.1 Å². The Morgan fingerprint density at radius 2 is 2.05 bits per heavy atom. The molecule has 1 saturated heterocycles. The Hall–Kier alpha value is -0.770. The minimum Gasteiger partial charge on any atom is -0.398 e. The summed E-state index contributed by atoms with van der Waals surface area (Å²) in [6.07, 6.45) is 2.58. The van der Waals surface area contributed by atoms with Crippen LogP contribution in [0, 0.1) is 5.92 Å². The summed E-state index contributed by atoms with van der Waals surface area (Å²) in [5.74, 6) is 0.796. The van der Waals surface area contributed by atoms with Gasteiger partial charge < -0.3 is 15.5 Å². The Kier molecular flexibility index (Phi) is 5.08. The van der Waals surface area contributed by atoms with Gasteiger partial charge in [0, 0.05) is 29.4 Å². The number of nitrogen functional groups attached to an aromatic ring is 1. The molecule has 1 aliphatic heterocycles. The Morgan fingerprint density at radius 3 is 2.68 bits per heavy atom. The quantitative estimate of drug-likeness (QED) is 0.862. The van der Waals surface area contributed by atoms with Crippen LogP contribution in [-0.4, -0.2) is 43.5 Å². The highest BCUT2D eigenvalue weighted by atomic mass is 35.5. The lowest BCUT2D eigenvalue weighted by atomic mass is 9.96. The molecule has 3 nitrogen and oxygen atoms in total. The van der Waals surface area contributed by atoms with E-state index in [1.54, 1.807) is 0 Å². The standard InChI is InChI=1S/C15H24ClN3/c1-18-8-6-12(7-9-18)10-19(2)11-13-14(16)4-3-5-15(13)17/h3-5,12H,6-11,17H2,1-2H3. The van der Waals surface area contributed by atoms with Gasteiger partial charge in [-0.15, -0.1) is 0 Å². The molecule has 0 bridgehead atoms. The average Bonchev–Trinajstić information content (AvgIpc) is 2.37. The fourth-order valence-electron chi connectivity index (χ4n) is 2.76. The number of nitrogens with zero attached hydrogens (tertiary/aromatic N) is 2. The molecular formula is C15H24ClN3. The van der Waals surface area contributed by atoms with Crippen molar-refractivity contribution in [3.63, 3.8) is 0 Å². The third-order valence-electron chi connectivity index (χ3n) is 3.99. The normalized spacial score (nSPS) is 18.1. The number of likely N-dealkylation sites (tertiary alicyclic amines) is 1. The molecule has 2 rings (SSSR count). The molecule has 0 aromatic heterocycles. The van der Waals surface area contributed by atoms with Crippen LogP contribution in [-0.2, 0) is 6.54 Å². The van der Waals surface area contributed by atoms with Gasteiger partial charge in [0.25, 0.3) is 0 Å². The molecule has 0 radical (unpaired) electrons. The molecule has 2 N–H and O–H groups in total. The summed E-state index contributed by atoms with van der Waals surface area (Å²) in [7, 11) is 4.35. The average molecular weight is 282 g/mol. The number of anilines is 1. The van der Waals surface area contributed by atoms with E-state index >= 15 is 0 Å². The van der Waals surface area contributed by atoms with E-state index in [1.165, 1.54) is 25.9 Å². The molecule has 0 spiro atoms. The van der Waals surface area contributed by atoms with E-state index in [9.17, 15) is 0 Å². The van der Waals surface area contributed by atoms with Gasteiger partial charge >= 0.3 is 0 Å². The van der Waals surface area contributed by atoms with Crippen LogP contribution in [0.1, 0.15) is 18.4 Å². The van der Waals surface area contributed by atoms with Gasteiger partial charge in [0.15, 0.2) is 0 Å². The minimum absolute atomic E-state index is 0.773. The Balaban J connectivity index is 1.89. The lowest BCUT2D eigenvalue weighted by molar-refractivity contribution is 0.173. The van der Waals surface area contributed by atoms with E-state index < -0.39 is 0 Å². The van der Waals surface area contributed by atoms with Crippen molar-refractivity contribution in [2.45, 2.75) is 19.4 Å². The number of hydrogen-bond donors (Lipinski definition) is 1. The van der Waals surface area contributed by atoms with Gasteiger partial charge in [-0.2, -0.15) is 0 Å². The molecule has 0 atom stereocenters. The molecule has 4 heteroatoms. The summed E-state index contributed by atoms with van der Waals surface area (Å²) in [5, 5.41) is 0.773. The molecule has 1 aliphatic rings. The molecule has 0 aliphatic carbocycles. The zero-order valence-electron chi connectivity index (χ0n) is 11.9. The van der Waals surface area contributed by atoms with Gasteiger partial charge in [-0.3, -0.25) is 0 Å². The molecule has 1 aromatic carbocycles. The monoisotopic (exact) mass is 281 g/mol. The van der Waals surface area contributed by atoms with E-state index in [0.29, 0.717) is 0 Å². The number of nitrogens with two attached hydrogens (primary N) is 1. The van der Waals surface area contributed by atoms with Crippen LogP contribution in [0.4, 0.5) is 5.69 Å². The van der Waals surface area contributed by atoms with Crippen LogP contribution >= 0.6 is 11.6 Å². The van der Waals surface area contributed by atoms with Crippen molar-refractivity contribution in [2.24, 2.45) is 5.92 Å². The van der Waals surface area contributed by atoms with E-state index in [-0.39, 0.29) is 0 Å². The second-order valence-corrected chi connectivity index (χ2v) is 6.16. The summed E-state index contributed by atoms with van der Waals surface area (Å²) in [6, 6.07) is 5.74. The molecular weight excluding hydrogens is 258 g/mol.